The number of hydrogen-bond donors (Lipinski definition) is 1. The minimum absolute atomic E-state index is 0.00456. The third-order valence-electron chi connectivity index (χ3n) is 5.05. The maximum Gasteiger partial charge on any atom is 0.235 e. The predicted molar refractivity (Wildman–Crippen MR) is 110 cm³/mol. The van der Waals surface area contributed by atoms with Crippen LogP contribution in [0.5, 0.6) is 5.75 Å². The highest BCUT2D eigenvalue weighted by Gasteiger charge is 2.52. The molecule has 1 saturated carbocycles. The second-order valence-electron chi connectivity index (χ2n) is 7.34. The molecule has 2 N–H and O–H groups in total. The van der Waals surface area contributed by atoms with Crippen LogP contribution in [0, 0.1) is 5.92 Å². The molecule has 2 unspecified atom stereocenters. The maximum atomic E-state index is 12.8. The van der Waals surface area contributed by atoms with Crippen LogP contribution in [0.1, 0.15) is 44.6 Å². The first kappa shape index (κ1) is 20.1. The van der Waals surface area contributed by atoms with Crippen LogP contribution in [0.15, 0.2) is 23.2 Å². The number of rotatable bonds is 4. The number of ether oxygens (including phenoxy) is 2. The Kier molecular flexibility index (Phi) is 6.38. The highest BCUT2D eigenvalue weighted by molar-refractivity contribution is 7.27. The van der Waals surface area contributed by atoms with Crippen molar-refractivity contribution in [2.45, 2.75) is 44.6 Å². The van der Waals surface area contributed by atoms with Gasteiger partial charge in [0.1, 0.15) is 11.3 Å². The summed E-state index contributed by atoms with van der Waals surface area (Å²) in [7, 11) is 4.39. The molecule has 2 aliphatic heterocycles. The number of carbonyl (C=O) groups is 1. The first-order valence-corrected chi connectivity index (χ1v) is 10.3. The number of carbonyl (C=O) groups excluding carboxylic acids is 1. The second kappa shape index (κ2) is 8.57. The zero-order valence-electron chi connectivity index (χ0n) is 16.2. The minimum atomic E-state index is -0.783. The zero-order valence-corrected chi connectivity index (χ0v) is 17.4. The molecule has 0 bridgehead atoms. The average Bonchev–Trinajstić information content (AvgIpc) is 3.55. The molecule has 27 heavy (non-hydrogen) atoms. The average molecular weight is 391 g/mol. The smallest absolute Gasteiger partial charge is 0.235 e. The van der Waals surface area contributed by atoms with Gasteiger partial charge in [-0.05, 0) is 35.8 Å². The topological polar surface area (TPSA) is 77.2 Å². The fraction of sp³-hybridized carbons (Fsp3) is 0.600. The van der Waals surface area contributed by atoms with Crippen molar-refractivity contribution in [3.63, 3.8) is 0 Å². The molecular formula is C20H30N3O3P. The van der Waals surface area contributed by atoms with Crippen molar-refractivity contribution in [2.24, 2.45) is 16.6 Å². The van der Waals surface area contributed by atoms with E-state index in [1.807, 2.05) is 18.2 Å². The van der Waals surface area contributed by atoms with Crippen LogP contribution in [-0.2, 0) is 15.1 Å². The van der Waals surface area contributed by atoms with Crippen molar-refractivity contribution in [2.75, 3.05) is 26.9 Å². The third-order valence-corrected chi connectivity index (χ3v) is 5.56. The van der Waals surface area contributed by atoms with Gasteiger partial charge in [-0.2, -0.15) is 0 Å². The van der Waals surface area contributed by atoms with Crippen LogP contribution in [0.25, 0.3) is 0 Å². The molecule has 3 aliphatic rings. The molecule has 1 amide bonds. The lowest BCUT2D eigenvalue weighted by molar-refractivity contribution is -0.140. The normalized spacial score (nSPS) is 26.5. The highest BCUT2D eigenvalue weighted by atomic mass is 31.0. The molecule has 2 heterocycles. The molecule has 6 nitrogen and oxygen atoms in total. The van der Waals surface area contributed by atoms with E-state index in [4.69, 9.17) is 20.2 Å². The molecular weight excluding hydrogens is 361 g/mol. The van der Waals surface area contributed by atoms with E-state index < -0.39 is 5.54 Å². The van der Waals surface area contributed by atoms with Gasteiger partial charge in [0.25, 0.3) is 0 Å². The summed E-state index contributed by atoms with van der Waals surface area (Å²) in [5.74, 6) is 0.724. The molecule has 1 saturated heterocycles. The van der Waals surface area contributed by atoms with Gasteiger partial charge in [-0.15, -0.1) is 9.24 Å². The monoisotopic (exact) mass is 391 g/mol. The van der Waals surface area contributed by atoms with E-state index >= 15 is 0 Å². The highest BCUT2D eigenvalue weighted by Crippen LogP contribution is 2.43. The first-order chi connectivity index (χ1) is 13.0. The zero-order chi connectivity index (χ0) is 19.4. The molecule has 4 rings (SSSR count). The molecule has 1 aromatic carbocycles. The Bertz CT molecular complexity index is 720. The van der Waals surface area contributed by atoms with E-state index in [1.165, 1.54) is 24.2 Å². The SMILES string of the molecule is C1CC1.CCCOc1ccc(P)c([C@]23COCCC2C(=O)N(C)C(N)=N3)c1. The van der Waals surface area contributed by atoms with Crippen molar-refractivity contribution in [1.82, 2.24) is 4.90 Å². The molecule has 2 fully saturated rings. The quantitative estimate of drug-likeness (QED) is 0.798. The van der Waals surface area contributed by atoms with Crippen molar-refractivity contribution in [3.05, 3.63) is 23.8 Å². The Hall–Kier alpha value is -1.65. The Morgan fingerprint density at radius 1 is 1.41 bits per heavy atom. The van der Waals surface area contributed by atoms with E-state index in [9.17, 15) is 4.79 Å². The lowest BCUT2D eigenvalue weighted by atomic mass is 9.74. The van der Waals surface area contributed by atoms with Crippen LogP contribution in [-0.4, -0.2) is 43.6 Å². The van der Waals surface area contributed by atoms with Crippen molar-refractivity contribution < 1.29 is 14.3 Å². The van der Waals surface area contributed by atoms with Gasteiger partial charge >= 0.3 is 0 Å². The Balaban J connectivity index is 0.000000637. The number of fused-ring (bicyclic) bond motifs is 1. The Morgan fingerprint density at radius 2 is 2.15 bits per heavy atom. The summed E-state index contributed by atoms with van der Waals surface area (Å²) in [4.78, 5) is 19.0. The van der Waals surface area contributed by atoms with Gasteiger partial charge in [-0.1, -0.05) is 32.3 Å². The largest absolute Gasteiger partial charge is 0.494 e. The van der Waals surface area contributed by atoms with E-state index in [2.05, 4.69) is 16.2 Å². The minimum Gasteiger partial charge on any atom is -0.494 e. The van der Waals surface area contributed by atoms with Gasteiger partial charge in [0.15, 0.2) is 5.96 Å². The Morgan fingerprint density at radius 3 is 2.81 bits per heavy atom. The summed E-state index contributed by atoms with van der Waals surface area (Å²) in [6.07, 6.45) is 6.06. The summed E-state index contributed by atoms with van der Waals surface area (Å²) in [6.45, 7) is 3.61. The van der Waals surface area contributed by atoms with Gasteiger partial charge in [0.05, 0.1) is 19.1 Å². The molecule has 148 valence electrons. The number of nitrogens with two attached hydrogens (primary N) is 1. The van der Waals surface area contributed by atoms with Gasteiger partial charge in [-0.3, -0.25) is 9.69 Å². The number of guanidine groups is 1. The van der Waals surface area contributed by atoms with E-state index in [1.54, 1.807) is 7.05 Å². The van der Waals surface area contributed by atoms with Gasteiger partial charge < -0.3 is 15.2 Å². The maximum absolute atomic E-state index is 12.8. The number of nitrogens with zero attached hydrogens (tertiary/aromatic N) is 2. The number of benzene rings is 1. The third kappa shape index (κ3) is 4.27. The lowest BCUT2D eigenvalue weighted by Crippen LogP contribution is -2.59. The fourth-order valence-electron chi connectivity index (χ4n) is 3.38. The van der Waals surface area contributed by atoms with Crippen molar-refractivity contribution >= 4 is 26.4 Å². The lowest BCUT2D eigenvalue weighted by Gasteiger charge is -2.45. The van der Waals surface area contributed by atoms with Crippen molar-refractivity contribution in [1.29, 1.82) is 0 Å². The first-order valence-electron chi connectivity index (χ1n) is 9.73. The number of aliphatic imine (C=N–C) groups is 1. The second-order valence-corrected chi connectivity index (χ2v) is 7.97. The summed E-state index contributed by atoms with van der Waals surface area (Å²) in [6, 6.07) is 5.87. The van der Waals surface area contributed by atoms with Crippen molar-refractivity contribution in [3.8, 4) is 5.75 Å². The van der Waals surface area contributed by atoms with E-state index in [0.717, 1.165) is 23.0 Å². The van der Waals surface area contributed by atoms with Crippen LogP contribution in [0.4, 0.5) is 0 Å². The standard InChI is InChI=1S/C17H24N3O3P.C3H6/c1-3-7-23-11-4-5-14(24)13(9-11)17-10-22-8-6-12(17)15(21)20(2)16(18)19-17;1-2-3-1/h4-5,9,12H,3,6-8,10,24H2,1-2H3,(H2,18,19);1-3H2/t12?,17-;/m0./s1. The Labute approximate surface area is 163 Å². The molecule has 0 radical (unpaired) electrons. The van der Waals surface area contributed by atoms with Crippen LogP contribution in [0.3, 0.4) is 0 Å². The van der Waals surface area contributed by atoms with E-state index in [0.29, 0.717) is 26.2 Å². The summed E-state index contributed by atoms with van der Waals surface area (Å²) < 4.78 is 11.5. The molecule has 0 spiro atoms. The number of amides is 1. The van der Waals surface area contributed by atoms with Crippen LogP contribution in [0.2, 0.25) is 0 Å². The summed E-state index contributed by atoms with van der Waals surface area (Å²) in [5, 5.41) is 0.975. The van der Waals surface area contributed by atoms with E-state index in [-0.39, 0.29) is 17.8 Å². The van der Waals surface area contributed by atoms with Crippen LogP contribution < -0.4 is 15.8 Å². The van der Waals surface area contributed by atoms with Gasteiger partial charge in [0.2, 0.25) is 5.91 Å². The fourth-order valence-corrected chi connectivity index (χ4v) is 3.81. The summed E-state index contributed by atoms with van der Waals surface area (Å²) >= 11 is 0. The van der Waals surface area contributed by atoms with Gasteiger partial charge in [0, 0.05) is 13.7 Å². The molecule has 3 atom stereocenters. The number of hydrogen-bond acceptors (Lipinski definition) is 5. The molecule has 0 aromatic heterocycles. The predicted octanol–water partition coefficient (Wildman–Crippen LogP) is 2.16. The molecule has 1 aliphatic carbocycles. The molecule has 7 heteroatoms. The van der Waals surface area contributed by atoms with Crippen LogP contribution >= 0.6 is 9.24 Å². The van der Waals surface area contributed by atoms with Gasteiger partial charge in [-0.25, -0.2) is 4.99 Å². The summed E-state index contributed by atoms with van der Waals surface area (Å²) in [5.41, 5.74) is 6.17. The molecule has 1 aromatic rings.